The van der Waals surface area contributed by atoms with Crippen molar-refractivity contribution < 1.29 is 9.53 Å². The van der Waals surface area contributed by atoms with Gasteiger partial charge in [0, 0.05) is 23.2 Å². The van der Waals surface area contributed by atoms with E-state index in [1.165, 1.54) is 25.7 Å². The molecule has 4 nitrogen and oxygen atoms in total. The molecule has 37 heavy (non-hydrogen) atoms. The SMILES string of the molecule is CC[C@H]1CN[C@@H](C(OC(=O)C(c2ccccc2)C2CCCCC2)c2ccnc3ccccc23)C[C@@H]1CC. The molecule has 0 spiro atoms. The second-order valence-electron chi connectivity index (χ2n) is 11.1. The number of pyridine rings is 1. The standard InChI is InChI=1S/C33H42N2O2/c1-3-23-21-30(35-22-24(23)4-2)32(28-19-20-34-29-18-12-11-17-27(28)29)37-33(36)31(25-13-7-5-8-14-25)26-15-9-6-10-16-26/h5,7-8,11-14,17-20,23-24,26,30-32,35H,3-4,6,9-10,15-16,21-22H2,1-2H3/t23-,24-,30+,31?,32?/m0/s1. The van der Waals surface area contributed by atoms with E-state index in [2.05, 4.69) is 54.5 Å². The zero-order valence-electron chi connectivity index (χ0n) is 22.4. The fourth-order valence-corrected chi connectivity index (χ4v) is 6.94. The number of carbonyl (C=O) groups is 1. The topological polar surface area (TPSA) is 51.2 Å². The summed E-state index contributed by atoms with van der Waals surface area (Å²) in [7, 11) is 0. The summed E-state index contributed by atoms with van der Waals surface area (Å²) in [6.45, 7) is 5.56. The minimum Gasteiger partial charge on any atom is -0.455 e. The molecule has 1 N–H and O–H groups in total. The van der Waals surface area contributed by atoms with Crippen LogP contribution >= 0.6 is 0 Å². The largest absolute Gasteiger partial charge is 0.455 e. The van der Waals surface area contributed by atoms with Crippen molar-refractivity contribution in [3.63, 3.8) is 0 Å². The zero-order chi connectivity index (χ0) is 25.6. The Morgan fingerprint density at radius 2 is 1.68 bits per heavy atom. The second kappa shape index (κ2) is 12.2. The average molecular weight is 499 g/mol. The Hall–Kier alpha value is -2.72. The summed E-state index contributed by atoms with van der Waals surface area (Å²) in [5.74, 6) is 1.35. The smallest absolute Gasteiger partial charge is 0.314 e. The van der Waals surface area contributed by atoms with Crippen molar-refractivity contribution in [2.24, 2.45) is 17.8 Å². The molecule has 196 valence electrons. The molecule has 0 amide bonds. The first kappa shape index (κ1) is 25.9. The summed E-state index contributed by atoms with van der Waals surface area (Å²) < 4.78 is 6.69. The van der Waals surface area contributed by atoms with E-state index >= 15 is 0 Å². The van der Waals surface area contributed by atoms with E-state index in [1.807, 2.05) is 36.5 Å². The molecular formula is C33H42N2O2. The molecule has 0 radical (unpaired) electrons. The predicted molar refractivity (Wildman–Crippen MR) is 150 cm³/mol. The van der Waals surface area contributed by atoms with Crippen LogP contribution in [0.5, 0.6) is 0 Å². The van der Waals surface area contributed by atoms with Crippen LogP contribution in [-0.4, -0.2) is 23.5 Å². The van der Waals surface area contributed by atoms with Gasteiger partial charge in [-0.25, -0.2) is 0 Å². The molecule has 1 aliphatic carbocycles. The van der Waals surface area contributed by atoms with E-state index in [1.54, 1.807) is 0 Å². The van der Waals surface area contributed by atoms with Gasteiger partial charge in [0.1, 0.15) is 6.10 Å². The lowest BCUT2D eigenvalue weighted by Crippen LogP contribution is -2.48. The molecule has 1 aromatic heterocycles. The molecule has 2 aromatic carbocycles. The first-order valence-corrected chi connectivity index (χ1v) is 14.5. The monoisotopic (exact) mass is 498 g/mol. The molecule has 3 aromatic rings. The lowest BCUT2D eigenvalue weighted by molar-refractivity contribution is -0.155. The number of ether oxygens (including phenoxy) is 1. The van der Waals surface area contributed by atoms with E-state index in [4.69, 9.17) is 4.74 Å². The first-order chi connectivity index (χ1) is 18.2. The van der Waals surface area contributed by atoms with Crippen molar-refractivity contribution in [2.45, 2.75) is 83.3 Å². The van der Waals surface area contributed by atoms with E-state index < -0.39 is 0 Å². The van der Waals surface area contributed by atoms with Gasteiger partial charge in [0.15, 0.2) is 0 Å². The highest BCUT2D eigenvalue weighted by Crippen LogP contribution is 2.41. The van der Waals surface area contributed by atoms with E-state index in [-0.39, 0.29) is 24.0 Å². The molecule has 0 bridgehead atoms. The van der Waals surface area contributed by atoms with Gasteiger partial charge in [0.25, 0.3) is 0 Å². The third-order valence-electron chi connectivity index (χ3n) is 9.05. The lowest BCUT2D eigenvalue weighted by atomic mass is 9.76. The lowest BCUT2D eigenvalue weighted by Gasteiger charge is -2.40. The predicted octanol–water partition coefficient (Wildman–Crippen LogP) is 7.60. The molecule has 4 heteroatoms. The molecule has 1 saturated heterocycles. The van der Waals surface area contributed by atoms with Crippen LogP contribution in [0.15, 0.2) is 66.9 Å². The van der Waals surface area contributed by atoms with Gasteiger partial charge in [0.2, 0.25) is 0 Å². The maximum Gasteiger partial charge on any atom is 0.314 e. The number of nitrogens with one attached hydrogen (secondary N) is 1. The van der Waals surface area contributed by atoms with Gasteiger partial charge in [-0.3, -0.25) is 9.78 Å². The summed E-state index contributed by atoms with van der Waals surface area (Å²) in [6, 6.07) is 20.7. The van der Waals surface area contributed by atoms with Crippen LogP contribution in [0.4, 0.5) is 0 Å². The highest BCUT2D eigenvalue weighted by Gasteiger charge is 2.39. The van der Waals surface area contributed by atoms with Gasteiger partial charge in [-0.15, -0.1) is 0 Å². The Labute approximate surface area is 222 Å². The Balaban J connectivity index is 1.51. The van der Waals surface area contributed by atoms with Crippen molar-refractivity contribution in [3.8, 4) is 0 Å². The van der Waals surface area contributed by atoms with E-state index in [0.29, 0.717) is 17.8 Å². The van der Waals surface area contributed by atoms with Crippen LogP contribution in [0, 0.1) is 17.8 Å². The molecule has 1 aliphatic heterocycles. The number of para-hydroxylation sites is 1. The Bertz CT molecular complexity index is 1150. The van der Waals surface area contributed by atoms with Gasteiger partial charge in [-0.1, -0.05) is 94.5 Å². The molecule has 2 heterocycles. The highest BCUT2D eigenvalue weighted by molar-refractivity contribution is 5.83. The third kappa shape index (κ3) is 5.75. The fraction of sp³-hybridized carbons (Fsp3) is 0.515. The number of benzene rings is 2. The van der Waals surface area contributed by atoms with E-state index in [0.717, 1.165) is 54.3 Å². The summed E-state index contributed by atoms with van der Waals surface area (Å²) in [4.78, 5) is 18.8. The van der Waals surface area contributed by atoms with Crippen LogP contribution in [0.2, 0.25) is 0 Å². The minimum absolute atomic E-state index is 0.0727. The third-order valence-corrected chi connectivity index (χ3v) is 9.05. The van der Waals surface area contributed by atoms with E-state index in [9.17, 15) is 4.79 Å². The average Bonchev–Trinajstić information content (AvgIpc) is 2.96. The van der Waals surface area contributed by atoms with Crippen molar-refractivity contribution in [2.75, 3.05) is 6.54 Å². The van der Waals surface area contributed by atoms with Crippen LogP contribution in [0.1, 0.15) is 88.4 Å². The number of hydrogen-bond acceptors (Lipinski definition) is 4. The number of piperidine rings is 1. The molecule has 5 rings (SSSR count). The maximum atomic E-state index is 14.2. The zero-order valence-corrected chi connectivity index (χ0v) is 22.4. The Morgan fingerprint density at radius 1 is 0.946 bits per heavy atom. The maximum absolute atomic E-state index is 14.2. The molecule has 2 fully saturated rings. The molecular weight excluding hydrogens is 456 g/mol. The second-order valence-corrected chi connectivity index (χ2v) is 11.1. The van der Waals surface area contributed by atoms with Gasteiger partial charge in [-0.05, 0) is 61.3 Å². The van der Waals surface area contributed by atoms with Crippen LogP contribution in [0.3, 0.4) is 0 Å². The summed E-state index contributed by atoms with van der Waals surface area (Å²) >= 11 is 0. The summed E-state index contributed by atoms with van der Waals surface area (Å²) in [5, 5.41) is 4.89. The fourth-order valence-electron chi connectivity index (χ4n) is 6.94. The first-order valence-electron chi connectivity index (χ1n) is 14.5. The van der Waals surface area contributed by atoms with Crippen molar-refractivity contribution in [1.82, 2.24) is 10.3 Å². The van der Waals surface area contributed by atoms with Crippen molar-refractivity contribution in [3.05, 3.63) is 78.0 Å². The van der Waals surface area contributed by atoms with Crippen LogP contribution in [-0.2, 0) is 9.53 Å². The number of fused-ring (bicyclic) bond motifs is 1. The van der Waals surface area contributed by atoms with Crippen molar-refractivity contribution in [1.29, 1.82) is 0 Å². The summed E-state index contributed by atoms with van der Waals surface area (Å²) in [5.41, 5.74) is 3.10. The number of hydrogen-bond donors (Lipinski definition) is 1. The van der Waals surface area contributed by atoms with Crippen LogP contribution in [0.25, 0.3) is 10.9 Å². The van der Waals surface area contributed by atoms with Crippen LogP contribution < -0.4 is 5.32 Å². The quantitative estimate of drug-likeness (QED) is 0.325. The minimum atomic E-state index is -0.345. The van der Waals surface area contributed by atoms with Gasteiger partial charge in [-0.2, -0.15) is 0 Å². The highest BCUT2D eigenvalue weighted by atomic mass is 16.5. The normalized spacial score (nSPS) is 24.4. The molecule has 2 aliphatic rings. The molecule has 2 unspecified atom stereocenters. The Kier molecular flexibility index (Phi) is 8.55. The van der Waals surface area contributed by atoms with Gasteiger partial charge < -0.3 is 10.1 Å². The van der Waals surface area contributed by atoms with Gasteiger partial charge in [0.05, 0.1) is 11.4 Å². The number of rotatable bonds is 8. The molecule has 1 saturated carbocycles. The summed E-state index contributed by atoms with van der Waals surface area (Å²) in [6.07, 6.45) is 10.7. The Morgan fingerprint density at radius 3 is 2.43 bits per heavy atom. The van der Waals surface area contributed by atoms with Gasteiger partial charge >= 0.3 is 5.97 Å². The van der Waals surface area contributed by atoms with Crippen molar-refractivity contribution >= 4 is 16.9 Å². The molecule has 5 atom stereocenters. The number of aromatic nitrogens is 1. The number of carbonyl (C=O) groups excluding carboxylic acids is 1. The number of esters is 1. The number of nitrogens with zero attached hydrogens (tertiary/aromatic N) is 1.